The summed E-state index contributed by atoms with van der Waals surface area (Å²) in [6.45, 7) is 2.78. The molecule has 104 valence electrons. The molecule has 1 aromatic rings. The minimum atomic E-state index is -0.426. The van der Waals surface area contributed by atoms with Gasteiger partial charge in [-0.1, -0.05) is 11.6 Å². The maximum atomic E-state index is 10.7. The standard InChI is InChI=1S/C13H18ClN3O2/c1-16(12-3-2-6-15-8-12)9-10-4-5-11(17(18)19)7-13(10)14/h4-5,7,12,15H,2-3,6,8-9H2,1H3. The van der Waals surface area contributed by atoms with E-state index >= 15 is 0 Å². The van der Waals surface area contributed by atoms with E-state index in [1.807, 2.05) is 0 Å². The number of nitro benzene ring substituents is 1. The van der Waals surface area contributed by atoms with E-state index in [4.69, 9.17) is 11.6 Å². The van der Waals surface area contributed by atoms with Crippen LogP contribution < -0.4 is 5.32 Å². The van der Waals surface area contributed by atoms with Crippen molar-refractivity contribution in [2.45, 2.75) is 25.4 Å². The van der Waals surface area contributed by atoms with Crippen LogP contribution in [0, 0.1) is 10.1 Å². The Labute approximate surface area is 117 Å². The van der Waals surface area contributed by atoms with E-state index in [1.165, 1.54) is 25.0 Å². The lowest BCUT2D eigenvalue weighted by Crippen LogP contribution is -2.43. The van der Waals surface area contributed by atoms with Crippen LogP contribution in [-0.2, 0) is 6.54 Å². The second-order valence-corrected chi connectivity index (χ2v) is 5.36. The molecule has 0 radical (unpaired) electrons. The number of likely N-dealkylation sites (N-methyl/N-ethyl adjacent to an activating group) is 1. The van der Waals surface area contributed by atoms with Crippen molar-refractivity contribution in [3.05, 3.63) is 38.9 Å². The zero-order chi connectivity index (χ0) is 13.8. The predicted molar refractivity (Wildman–Crippen MR) is 75.5 cm³/mol. The van der Waals surface area contributed by atoms with Crippen LogP contribution in [0.25, 0.3) is 0 Å². The number of piperidine rings is 1. The molecule has 0 amide bonds. The molecule has 1 N–H and O–H groups in total. The van der Waals surface area contributed by atoms with Crippen LogP contribution in [0.15, 0.2) is 18.2 Å². The maximum absolute atomic E-state index is 10.7. The molecule has 1 aliphatic rings. The molecule has 0 spiro atoms. The highest BCUT2D eigenvalue weighted by Crippen LogP contribution is 2.24. The largest absolute Gasteiger partial charge is 0.315 e. The van der Waals surface area contributed by atoms with E-state index in [-0.39, 0.29) is 5.69 Å². The molecule has 5 nitrogen and oxygen atoms in total. The molecule has 1 saturated heterocycles. The van der Waals surface area contributed by atoms with Gasteiger partial charge in [0.25, 0.3) is 5.69 Å². The van der Waals surface area contributed by atoms with Crippen LogP contribution in [0.2, 0.25) is 5.02 Å². The molecule has 1 heterocycles. The molecule has 0 aromatic heterocycles. The summed E-state index contributed by atoms with van der Waals surface area (Å²) in [5.41, 5.74) is 0.969. The second-order valence-electron chi connectivity index (χ2n) is 4.95. The number of nitrogens with one attached hydrogen (secondary N) is 1. The Kier molecular flexibility index (Phi) is 4.74. The summed E-state index contributed by atoms with van der Waals surface area (Å²) in [5.74, 6) is 0. The molecule has 0 bridgehead atoms. The Hall–Kier alpha value is -1.17. The molecule has 1 aliphatic heterocycles. The fraction of sp³-hybridized carbons (Fsp3) is 0.538. The molecule has 0 saturated carbocycles. The van der Waals surface area contributed by atoms with Gasteiger partial charge in [-0.15, -0.1) is 0 Å². The van der Waals surface area contributed by atoms with Gasteiger partial charge in [0.1, 0.15) is 0 Å². The number of nitro groups is 1. The van der Waals surface area contributed by atoms with Gasteiger partial charge in [0.05, 0.1) is 9.95 Å². The molecule has 19 heavy (non-hydrogen) atoms. The van der Waals surface area contributed by atoms with Gasteiger partial charge >= 0.3 is 0 Å². The van der Waals surface area contributed by atoms with Crippen molar-refractivity contribution in [1.82, 2.24) is 10.2 Å². The SMILES string of the molecule is CN(Cc1ccc([N+](=O)[O-])cc1Cl)C1CCCNC1. The molecule has 6 heteroatoms. The lowest BCUT2D eigenvalue weighted by atomic mass is 10.1. The first kappa shape index (κ1) is 14.2. The molecule has 1 fully saturated rings. The number of benzene rings is 1. The lowest BCUT2D eigenvalue weighted by Gasteiger charge is -2.31. The summed E-state index contributed by atoms with van der Waals surface area (Å²) in [5, 5.41) is 14.5. The van der Waals surface area contributed by atoms with Gasteiger partial charge in [0, 0.05) is 31.3 Å². The van der Waals surface area contributed by atoms with Crippen molar-refractivity contribution in [3.8, 4) is 0 Å². The van der Waals surface area contributed by atoms with Crippen molar-refractivity contribution in [2.24, 2.45) is 0 Å². The Morgan fingerprint density at radius 1 is 1.58 bits per heavy atom. The third-order valence-electron chi connectivity index (χ3n) is 3.56. The Balaban J connectivity index is 2.03. The highest BCUT2D eigenvalue weighted by Gasteiger charge is 2.19. The number of halogens is 1. The molecule has 2 rings (SSSR count). The molecule has 0 aliphatic carbocycles. The van der Waals surface area contributed by atoms with E-state index in [1.54, 1.807) is 6.07 Å². The van der Waals surface area contributed by atoms with Crippen LogP contribution >= 0.6 is 11.6 Å². The summed E-state index contributed by atoms with van der Waals surface area (Å²) >= 11 is 6.11. The molecular weight excluding hydrogens is 266 g/mol. The molecule has 1 aromatic carbocycles. The normalized spacial score (nSPS) is 19.6. The summed E-state index contributed by atoms with van der Waals surface area (Å²) in [6, 6.07) is 5.17. The van der Waals surface area contributed by atoms with Crippen molar-refractivity contribution in [3.63, 3.8) is 0 Å². The fourth-order valence-electron chi connectivity index (χ4n) is 2.39. The first-order chi connectivity index (χ1) is 9.08. The van der Waals surface area contributed by atoms with E-state index in [0.717, 1.165) is 18.7 Å². The van der Waals surface area contributed by atoms with Crippen LogP contribution in [0.5, 0.6) is 0 Å². The van der Waals surface area contributed by atoms with Crippen molar-refractivity contribution < 1.29 is 4.92 Å². The van der Waals surface area contributed by atoms with Crippen LogP contribution in [0.4, 0.5) is 5.69 Å². The highest BCUT2D eigenvalue weighted by molar-refractivity contribution is 6.31. The van der Waals surface area contributed by atoms with E-state index in [0.29, 0.717) is 17.6 Å². The van der Waals surface area contributed by atoms with Crippen LogP contribution in [-0.4, -0.2) is 36.0 Å². The quantitative estimate of drug-likeness (QED) is 0.681. The average Bonchev–Trinajstić information content (AvgIpc) is 2.41. The third-order valence-corrected chi connectivity index (χ3v) is 3.91. The van der Waals surface area contributed by atoms with E-state index in [9.17, 15) is 10.1 Å². The number of rotatable bonds is 4. The summed E-state index contributed by atoms with van der Waals surface area (Å²) < 4.78 is 0. The number of hydrogen-bond donors (Lipinski definition) is 1. The second kappa shape index (κ2) is 6.32. The van der Waals surface area contributed by atoms with Gasteiger partial charge in [-0.25, -0.2) is 0 Å². The lowest BCUT2D eigenvalue weighted by molar-refractivity contribution is -0.384. The van der Waals surface area contributed by atoms with E-state index < -0.39 is 4.92 Å². The maximum Gasteiger partial charge on any atom is 0.270 e. The fourth-order valence-corrected chi connectivity index (χ4v) is 2.62. The molecule has 1 unspecified atom stereocenters. The minimum absolute atomic E-state index is 0.0377. The monoisotopic (exact) mass is 283 g/mol. The predicted octanol–water partition coefficient (Wildman–Crippen LogP) is 2.43. The van der Waals surface area contributed by atoms with Gasteiger partial charge in [-0.05, 0) is 38.1 Å². The first-order valence-electron chi connectivity index (χ1n) is 6.41. The topological polar surface area (TPSA) is 58.4 Å². The molecule has 1 atom stereocenters. The van der Waals surface area contributed by atoms with Gasteiger partial charge < -0.3 is 5.32 Å². The zero-order valence-electron chi connectivity index (χ0n) is 10.9. The zero-order valence-corrected chi connectivity index (χ0v) is 11.7. The van der Waals surface area contributed by atoms with Crippen LogP contribution in [0.3, 0.4) is 0 Å². The minimum Gasteiger partial charge on any atom is -0.315 e. The summed E-state index contributed by atoms with van der Waals surface area (Å²) in [6.07, 6.45) is 2.36. The van der Waals surface area contributed by atoms with E-state index in [2.05, 4.69) is 17.3 Å². The molecular formula is C13H18ClN3O2. The third kappa shape index (κ3) is 3.65. The van der Waals surface area contributed by atoms with Gasteiger partial charge in [-0.2, -0.15) is 0 Å². The van der Waals surface area contributed by atoms with Gasteiger partial charge in [-0.3, -0.25) is 15.0 Å². The Morgan fingerprint density at radius 2 is 2.37 bits per heavy atom. The average molecular weight is 284 g/mol. The summed E-state index contributed by atoms with van der Waals surface area (Å²) in [7, 11) is 2.06. The number of nitrogens with zero attached hydrogens (tertiary/aromatic N) is 2. The van der Waals surface area contributed by atoms with Crippen LogP contribution in [0.1, 0.15) is 18.4 Å². The smallest absolute Gasteiger partial charge is 0.270 e. The van der Waals surface area contributed by atoms with Crippen molar-refractivity contribution in [1.29, 1.82) is 0 Å². The van der Waals surface area contributed by atoms with Crippen molar-refractivity contribution in [2.75, 3.05) is 20.1 Å². The number of non-ortho nitro benzene ring substituents is 1. The number of hydrogen-bond acceptors (Lipinski definition) is 4. The highest BCUT2D eigenvalue weighted by atomic mass is 35.5. The van der Waals surface area contributed by atoms with Gasteiger partial charge in [0.2, 0.25) is 0 Å². The first-order valence-corrected chi connectivity index (χ1v) is 6.79. The van der Waals surface area contributed by atoms with Gasteiger partial charge in [0.15, 0.2) is 0 Å². The Bertz CT molecular complexity index is 461. The Morgan fingerprint density at radius 3 is 2.95 bits per heavy atom. The summed E-state index contributed by atoms with van der Waals surface area (Å²) in [4.78, 5) is 12.5. The van der Waals surface area contributed by atoms with Crippen molar-refractivity contribution >= 4 is 17.3 Å².